The fraction of sp³-hybridized carbons (Fsp3) is 0.480. The molecule has 2 aliphatic heterocycles. The van der Waals surface area contributed by atoms with Crippen LogP contribution in [0.5, 0.6) is 5.75 Å². The van der Waals surface area contributed by atoms with E-state index in [0.717, 1.165) is 57.2 Å². The molecule has 1 saturated heterocycles. The molecule has 2 heterocycles. The molecule has 3 heteroatoms. The lowest BCUT2D eigenvalue weighted by molar-refractivity contribution is -0.150. The Morgan fingerprint density at radius 3 is 2.32 bits per heavy atom. The molecule has 0 unspecified atom stereocenters. The zero-order valence-corrected chi connectivity index (χ0v) is 16.3. The second-order valence-corrected chi connectivity index (χ2v) is 9.41. The fourth-order valence-corrected chi connectivity index (χ4v) is 6.48. The van der Waals surface area contributed by atoms with E-state index in [1.54, 1.807) is 0 Å². The minimum atomic E-state index is -0.136. The van der Waals surface area contributed by atoms with E-state index in [1.165, 1.54) is 11.1 Å². The summed E-state index contributed by atoms with van der Waals surface area (Å²) in [7, 11) is 0. The van der Waals surface area contributed by atoms with E-state index >= 15 is 0 Å². The molecule has 2 aromatic carbocycles. The molecule has 5 aliphatic rings. The second-order valence-electron chi connectivity index (χ2n) is 9.41. The maximum absolute atomic E-state index is 13.8. The number of likely N-dealkylation sites (tertiary alicyclic amines) is 1. The monoisotopic (exact) mass is 373 g/mol. The van der Waals surface area contributed by atoms with Crippen molar-refractivity contribution in [1.29, 1.82) is 0 Å². The molecule has 4 bridgehead atoms. The molecule has 1 amide bonds. The van der Waals surface area contributed by atoms with Crippen LogP contribution < -0.4 is 4.74 Å². The lowest BCUT2D eigenvalue weighted by atomic mass is 9.51. The van der Waals surface area contributed by atoms with E-state index in [2.05, 4.69) is 53.4 Å². The summed E-state index contributed by atoms with van der Waals surface area (Å²) in [4.78, 5) is 16.0. The predicted octanol–water partition coefficient (Wildman–Crippen LogP) is 5.01. The van der Waals surface area contributed by atoms with Gasteiger partial charge in [0.15, 0.2) is 0 Å². The van der Waals surface area contributed by atoms with Gasteiger partial charge >= 0.3 is 0 Å². The van der Waals surface area contributed by atoms with Crippen molar-refractivity contribution in [3.05, 3.63) is 65.7 Å². The predicted molar refractivity (Wildman–Crippen MR) is 108 cm³/mol. The molecule has 3 saturated carbocycles. The topological polar surface area (TPSA) is 29.5 Å². The van der Waals surface area contributed by atoms with Crippen LogP contribution in [0.2, 0.25) is 0 Å². The highest BCUT2D eigenvalue weighted by Crippen LogP contribution is 2.59. The molecule has 0 aromatic heterocycles. The normalized spacial score (nSPS) is 35.4. The third kappa shape index (κ3) is 2.25. The Morgan fingerprint density at radius 1 is 0.893 bits per heavy atom. The zero-order chi connectivity index (χ0) is 18.8. The number of amides is 1. The van der Waals surface area contributed by atoms with Gasteiger partial charge in [0, 0.05) is 17.4 Å². The highest BCUT2D eigenvalue weighted by molar-refractivity contribution is 5.84. The smallest absolute Gasteiger partial charge is 0.229 e. The van der Waals surface area contributed by atoms with Crippen LogP contribution in [0.25, 0.3) is 0 Å². The van der Waals surface area contributed by atoms with Gasteiger partial charge in [-0.05, 0) is 55.6 Å². The number of para-hydroxylation sites is 1. The molecule has 7 rings (SSSR count). The number of nitrogens with zero attached hydrogens (tertiary/aromatic N) is 1. The average Bonchev–Trinajstić information content (AvgIpc) is 3.12. The molecule has 0 radical (unpaired) electrons. The molecule has 4 fully saturated rings. The van der Waals surface area contributed by atoms with E-state index in [1.807, 2.05) is 6.07 Å². The van der Waals surface area contributed by atoms with E-state index in [4.69, 9.17) is 4.74 Å². The summed E-state index contributed by atoms with van der Waals surface area (Å²) < 4.78 is 6.15. The van der Waals surface area contributed by atoms with Crippen molar-refractivity contribution in [2.45, 2.75) is 62.5 Å². The van der Waals surface area contributed by atoms with Crippen LogP contribution in [-0.2, 0) is 10.2 Å². The third-order valence-electron chi connectivity index (χ3n) is 8.18. The van der Waals surface area contributed by atoms with Gasteiger partial charge < -0.3 is 9.64 Å². The Labute approximate surface area is 166 Å². The van der Waals surface area contributed by atoms with Gasteiger partial charge in [0.25, 0.3) is 0 Å². The van der Waals surface area contributed by atoms with E-state index in [-0.39, 0.29) is 17.6 Å². The summed E-state index contributed by atoms with van der Waals surface area (Å²) in [6.45, 7) is 0.754. The van der Waals surface area contributed by atoms with Gasteiger partial charge in [-0.25, -0.2) is 0 Å². The summed E-state index contributed by atoms with van der Waals surface area (Å²) in [5.74, 6) is 1.38. The molecule has 144 valence electrons. The van der Waals surface area contributed by atoms with Crippen molar-refractivity contribution < 1.29 is 9.53 Å². The Bertz CT molecular complexity index is 897. The van der Waals surface area contributed by atoms with E-state index in [9.17, 15) is 4.79 Å². The minimum Gasteiger partial charge on any atom is -0.488 e. The van der Waals surface area contributed by atoms with Gasteiger partial charge in [-0.3, -0.25) is 4.79 Å². The van der Waals surface area contributed by atoms with E-state index < -0.39 is 0 Å². The van der Waals surface area contributed by atoms with Gasteiger partial charge in [0.2, 0.25) is 5.91 Å². The Balaban J connectivity index is 1.26. The Morgan fingerprint density at radius 2 is 1.57 bits per heavy atom. The summed E-state index contributed by atoms with van der Waals surface area (Å²) in [6, 6.07) is 19.5. The Kier molecular flexibility index (Phi) is 3.48. The lowest BCUT2D eigenvalue weighted by Gasteiger charge is -2.54. The Hall–Kier alpha value is -2.29. The van der Waals surface area contributed by atoms with Crippen LogP contribution in [0, 0.1) is 5.41 Å². The third-order valence-corrected chi connectivity index (χ3v) is 8.18. The molecule has 0 N–H and O–H groups in total. The van der Waals surface area contributed by atoms with Gasteiger partial charge in [-0.15, -0.1) is 0 Å². The standard InChI is InChI=1S/C25H27NO2/c27-23(26-17-19-16-21(26)20-8-4-5-9-22(20)28-19)25-13-10-24(11-14-25,12-15-25)18-6-2-1-3-7-18/h1-9,19,21H,10-17H2/t19-,21-,24?,25?/m0/s1. The van der Waals surface area contributed by atoms with Crippen LogP contribution in [0.15, 0.2) is 54.6 Å². The molecule has 3 nitrogen and oxygen atoms in total. The van der Waals surface area contributed by atoms with Crippen molar-refractivity contribution in [1.82, 2.24) is 4.90 Å². The highest BCUT2D eigenvalue weighted by atomic mass is 16.5. The van der Waals surface area contributed by atoms with Crippen molar-refractivity contribution in [2.75, 3.05) is 6.54 Å². The second kappa shape index (κ2) is 5.85. The number of carbonyl (C=O) groups excluding carboxylic acids is 1. The van der Waals surface area contributed by atoms with Gasteiger partial charge in [-0.2, -0.15) is 0 Å². The van der Waals surface area contributed by atoms with Crippen LogP contribution in [-0.4, -0.2) is 23.5 Å². The first-order valence-corrected chi connectivity index (χ1v) is 10.8. The summed E-state index contributed by atoms with van der Waals surface area (Å²) in [5, 5.41) is 0. The maximum atomic E-state index is 13.8. The number of ether oxygens (including phenoxy) is 1. The van der Waals surface area contributed by atoms with Crippen molar-refractivity contribution in [3.8, 4) is 5.75 Å². The molecule has 0 spiro atoms. The van der Waals surface area contributed by atoms with Crippen LogP contribution >= 0.6 is 0 Å². The first-order valence-electron chi connectivity index (χ1n) is 10.8. The van der Waals surface area contributed by atoms with E-state index in [0.29, 0.717) is 11.3 Å². The van der Waals surface area contributed by atoms with Crippen molar-refractivity contribution >= 4 is 5.91 Å². The fourth-order valence-electron chi connectivity index (χ4n) is 6.48. The van der Waals surface area contributed by atoms with Crippen molar-refractivity contribution in [2.24, 2.45) is 5.41 Å². The van der Waals surface area contributed by atoms with Crippen LogP contribution in [0.3, 0.4) is 0 Å². The quantitative estimate of drug-likeness (QED) is 0.740. The summed E-state index contributed by atoms with van der Waals surface area (Å²) >= 11 is 0. The number of fused-ring (bicyclic) bond motifs is 7. The molecule has 3 aliphatic carbocycles. The highest BCUT2D eigenvalue weighted by Gasteiger charge is 2.56. The molecule has 2 atom stereocenters. The SMILES string of the molecule is O=C(N1C[C@@H]2C[C@H]1c1ccccc1O2)C12CCC(c3ccccc3)(CC1)CC2. The summed E-state index contributed by atoms with van der Waals surface area (Å²) in [5.41, 5.74) is 2.85. The molecule has 2 aromatic rings. The van der Waals surface area contributed by atoms with Gasteiger partial charge in [0.05, 0.1) is 12.6 Å². The molecule has 28 heavy (non-hydrogen) atoms. The van der Waals surface area contributed by atoms with Crippen molar-refractivity contribution in [3.63, 3.8) is 0 Å². The largest absolute Gasteiger partial charge is 0.488 e. The zero-order valence-electron chi connectivity index (χ0n) is 16.3. The number of rotatable bonds is 2. The summed E-state index contributed by atoms with van der Waals surface area (Å²) in [6.07, 6.45) is 7.68. The first-order chi connectivity index (χ1) is 13.7. The number of carbonyl (C=O) groups is 1. The molecular formula is C25H27NO2. The minimum absolute atomic E-state index is 0.136. The number of hydrogen-bond donors (Lipinski definition) is 0. The molecular weight excluding hydrogens is 346 g/mol. The number of benzene rings is 2. The lowest BCUT2D eigenvalue weighted by Crippen LogP contribution is -2.52. The van der Waals surface area contributed by atoms with Gasteiger partial charge in [-0.1, -0.05) is 48.5 Å². The average molecular weight is 373 g/mol. The maximum Gasteiger partial charge on any atom is 0.229 e. The van der Waals surface area contributed by atoms with Crippen LogP contribution in [0.1, 0.15) is 62.1 Å². The first kappa shape index (κ1) is 16.6. The number of hydrogen-bond acceptors (Lipinski definition) is 2. The van der Waals surface area contributed by atoms with Gasteiger partial charge in [0.1, 0.15) is 11.9 Å². The van der Waals surface area contributed by atoms with Crippen LogP contribution in [0.4, 0.5) is 0 Å².